The van der Waals surface area contributed by atoms with Crippen molar-refractivity contribution in [2.45, 2.75) is 157 Å². The molecule has 2 unspecified atom stereocenters. The zero-order valence-corrected chi connectivity index (χ0v) is 43.0. The van der Waals surface area contributed by atoms with E-state index in [1.807, 2.05) is 159 Å². The van der Waals surface area contributed by atoms with E-state index in [-0.39, 0.29) is 23.0 Å². The standard InChI is InChI=1S/C52H68O10P2/c1-29-19-33-27-34-20-30(2)24-38(50(8,9)10)42(34)60-63(55,59-41(33)37(23-29)49(5,6)7)45(47(53)57-17)46(48(54)58-18)64(56)61-43-35(21-31(3)25-39(43)51(11,12)13)28-36-22-32(4)26-40(44(36)62-64)52(14,15)16/h19-26,45-46H,27-28H2,1-18H3. The van der Waals surface area contributed by atoms with Gasteiger partial charge < -0.3 is 37.4 Å². The van der Waals surface area contributed by atoms with Gasteiger partial charge in [0, 0.05) is 57.3 Å². The SMILES string of the molecule is COC(=O)C(C(C(=O)OC)[P+]1([O-])Oc2c(cc(C)cc2C(C)(C)C)Cc2cc(C)cc(C(C)(C)C)c2O1)[P+]1([O-])Oc2c(cc(C)cc2C(C)(C)C)Cc2cc(C)cc(C(C)(C)C)c2O1. The number of hydrogen-bond donors (Lipinski definition) is 0. The molecule has 0 aliphatic carbocycles. The maximum absolute atomic E-state index is 16.8. The van der Waals surface area contributed by atoms with Crippen LogP contribution in [-0.2, 0) is 53.6 Å². The lowest BCUT2D eigenvalue weighted by Gasteiger charge is -2.43. The van der Waals surface area contributed by atoms with E-state index in [0.717, 1.165) is 36.5 Å². The molecule has 0 amide bonds. The number of rotatable bonds is 5. The third kappa shape index (κ3) is 9.54. The number of benzene rings is 4. The second kappa shape index (κ2) is 16.9. The Hall–Kier alpha value is -4.20. The summed E-state index contributed by atoms with van der Waals surface area (Å²) >= 11 is 0. The van der Waals surface area contributed by atoms with E-state index >= 15 is 9.79 Å². The van der Waals surface area contributed by atoms with Crippen LogP contribution < -0.4 is 27.9 Å². The van der Waals surface area contributed by atoms with Gasteiger partial charge in [-0.25, -0.2) is 9.59 Å². The molecule has 346 valence electrons. The predicted molar refractivity (Wildman–Crippen MR) is 253 cm³/mol. The van der Waals surface area contributed by atoms with Crippen LogP contribution in [0.4, 0.5) is 0 Å². The van der Waals surface area contributed by atoms with Crippen LogP contribution in [0, 0.1) is 27.7 Å². The third-order valence-electron chi connectivity index (χ3n) is 12.0. The average Bonchev–Trinajstić information content (AvgIpc) is 3.14. The third-order valence-corrected chi connectivity index (χ3v) is 16.3. The maximum atomic E-state index is 16.8. The van der Waals surface area contributed by atoms with Crippen LogP contribution in [0.2, 0.25) is 0 Å². The van der Waals surface area contributed by atoms with Crippen molar-refractivity contribution in [2.24, 2.45) is 0 Å². The fraction of sp³-hybridized carbons (Fsp3) is 0.500. The predicted octanol–water partition coefficient (Wildman–Crippen LogP) is 10.9. The topological polar surface area (TPSA) is 136 Å². The number of hydrogen-bond acceptors (Lipinski definition) is 10. The summed E-state index contributed by atoms with van der Waals surface area (Å²) in [4.78, 5) is 63.5. The Kier molecular flexibility index (Phi) is 13.0. The van der Waals surface area contributed by atoms with Crippen molar-refractivity contribution in [3.63, 3.8) is 0 Å². The van der Waals surface area contributed by atoms with E-state index in [1.165, 1.54) is 0 Å². The largest absolute Gasteiger partial charge is 0.616 e. The second-order valence-electron chi connectivity index (χ2n) is 21.9. The van der Waals surface area contributed by atoms with Gasteiger partial charge in [0.25, 0.3) is 11.3 Å². The normalized spacial score (nSPS) is 16.8. The Morgan fingerprint density at radius 2 is 0.656 bits per heavy atom. The van der Waals surface area contributed by atoms with E-state index in [2.05, 4.69) is 0 Å². The highest BCUT2D eigenvalue weighted by molar-refractivity contribution is 7.66. The van der Waals surface area contributed by atoms with E-state index < -0.39 is 60.8 Å². The van der Waals surface area contributed by atoms with Crippen LogP contribution in [0.1, 0.15) is 150 Å². The smallest absolute Gasteiger partial charge is 0.358 e. The Balaban J connectivity index is 1.77. The fourth-order valence-electron chi connectivity index (χ4n) is 8.86. The molecular weight excluding hydrogens is 847 g/mol. The summed E-state index contributed by atoms with van der Waals surface area (Å²) in [5, 5.41) is 0. The lowest BCUT2D eigenvalue weighted by atomic mass is 9.81. The fourth-order valence-corrected chi connectivity index (χ4v) is 13.9. The summed E-state index contributed by atoms with van der Waals surface area (Å²) in [5.41, 5.74) is 2.56. The number of esters is 2. The molecule has 4 aromatic rings. The number of aryl methyl sites for hydroxylation is 4. The van der Waals surface area contributed by atoms with Gasteiger partial charge in [-0.3, -0.25) is 0 Å². The molecule has 0 radical (unpaired) electrons. The Morgan fingerprint density at radius 3 is 0.828 bits per heavy atom. The molecule has 2 aliphatic heterocycles. The summed E-state index contributed by atoms with van der Waals surface area (Å²) in [7, 11) is -8.17. The van der Waals surface area contributed by atoms with Gasteiger partial charge in [-0.1, -0.05) is 154 Å². The molecule has 0 N–H and O–H groups in total. The molecule has 64 heavy (non-hydrogen) atoms. The van der Waals surface area contributed by atoms with Crippen molar-refractivity contribution in [1.82, 2.24) is 0 Å². The van der Waals surface area contributed by atoms with Gasteiger partial charge in [-0.2, -0.15) is 0 Å². The minimum absolute atomic E-state index is 0.230. The summed E-state index contributed by atoms with van der Waals surface area (Å²) in [5.74, 6) is -1.47. The Bertz CT molecular complexity index is 2180. The number of ether oxygens (including phenoxy) is 2. The van der Waals surface area contributed by atoms with Crippen LogP contribution in [0.25, 0.3) is 0 Å². The van der Waals surface area contributed by atoms with E-state index in [9.17, 15) is 9.59 Å². The zero-order valence-electron chi connectivity index (χ0n) is 41.2. The van der Waals surface area contributed by atoms with Crippen molar-refractivity contribution in [2.75, 3.05) is 14.2 Å². The minimum Gasteiger partial charge on any atom is -0.616 e. The number of methoxy groups -OCH3 is 2. The highest BCUT2D eigenvalue weighted by Crippen LogP contribution is 2.70. The van der Waals surface area contributed by atoms with Gasteiger partial charge >= 0.3 is 27.8 Å². The van der Waals surface area contributed by atoms with Gasteiger partial charge in [0.2, 0.25) is 0 Å². The van der Waals surface area contributed by atoms with Crippen LogP contribution in [0.3, 0.4) is 0 Å². The quantitative estimate of drug-likeness (QED) is 0.141. The van der Waals surface area contributed by atoms with Gasteiger partial charge in [0.05, 0.1) is 14.2 Å². The highest BCUT2D eigenvalue weighted by Gasteiger charge is 2.70. The van der Waals surface area contributed by atoms with Crippen molar-refractivity contribution < 1.29 is 46.9 Å². The summed E-state index contributed by atoms with van der Waals surface area (Å²) < 4.78 is 38.4. The molecule has 2 aliphatic rings. The van der Waals surface area contributed by atoms with Crippen LogP contribution in [0.15, 0.2) is 48.5 Å². The molecule has 10 nitrogen and oxygen atoms in total. The van der Waals surface area contributed by atoms with Crippen molar-refractivity contribution in [3.05, 3.63) is 115 Å². The van der Waals surface area contributed by atoms with Gasteiger partial charge in [-0.05, 0) is 49.4 Å². The molecule has 0 saturated carbocycles. The van der Waals surface area contributed by atoms with Crippen LogP contribution >= 0.6 is 15.9 Å². The molecule has 4 aromatic carbocycles. The first-order chi connectivity index (χ1) is 29.3. The molecule has 0 aromatic heterocycles. The number of carbonyl (C=O) groups excluding carboxylic acids is 2. The molecule has 0 spiro atoms. The van der Waals surface area contributed by atoms with E-state index in [4.69, 9.17) is 27.6 Å². The molecule has 0 bridgehead atoms. The second-order valence-corrected chi connectivity index (χ2v) is 25.9. The van der Waals surface area contributed by atoms with Crippen molar-refractivity contribution in [3.8, 4) is 23.0 Å². The van der Waals surface area contributed by atoms with Crippen molar-refractivity contribution in [1.29, 1.82) is 0 Å². The lowest BCUT2D eigenvalue weighted by molar-refractivity contribution is -0.216. The number of fused-ring (bicyclic) bond motifs is 4. The van der Waals surface area contributed by atoms with Crippen LogP contribution in [0.5, 0.6) is 23.0 Å². The van der Waals surface area contributed by atoms with Crippen LogP contribution in [-0.4, -0.2) is 37.5 Å². The molecule has 6 rings (SSSR count). The minimum atomic E-state index is -5.19. The monoisotopic (exact) mass is 914 g/mol. The summed E-state index contributed by atoms with van der Waals surface area (Å²) in [6.45, 7) is 32.0. The molecular formula is C52H68O10P2. The van der Waals surface area contributed by atoms with E-state index in [0.29, 0.717) is 57.3 Å². The van der Waals surface area contributed by atoms with Crippen molar-refractivity contribution >= 4 is 27.8 Å². The van der Waals surface area contributed by atoms with E-state index in [1.54, 1.807) is 0 Å². The zero-order chi connectivity index (χ0) is 47.9. The molecule has 2 atom stereocenters. The Labute approximate surface area is 382 Å². The van der Waals surface area contributed by atoms with Gasteiger partial charge in [0.1, 0.15) is 0 Å². The first-order valence-corrected chi connectivity index (χ1v) is 25.2. The van der Waals surface area contributed by atoms with Gasteiger partial charge in [-0.15, -0.1) is 0 Å². The molecule has 2 heterocycles. The molecule has 0 saturated heterocycles. The first-order valence-electron chi connectivity index (χ1n) is 22.0. The maximum Gasteiger partial charge on any atom is 0.358 e. The summed E-state index contributed by atoms with van der Waals surface area (Å²) in [6.07, 6.45) is 0.678. The molecule has 0 fully saturated rings. The first kappa shape index (κ1) is 49.2. The lowest BCUT2D eigenvalue weighted by Crippen LogP contribution is -2.53. The summed E-state index contributed by atoms with van der Waals surface area (Å²) in [6, 6.07) is 15.7. The molecule has 12 heteroatoms. The average molecular weight is 915 g/mol. The Morgan fingerprint density at radius 1 is 0.453 bits per heavy atom. The number of carbonyl (C=O) groups is 2. The van der Waals surface area contributed by atoms with Gasteiger partial charge in [0.15, 0.2) is 23.0 Å². The highest BCUT2D eigenvalue weighted by atomic mass is 31.2.